The van der Waals surface area contributed by atoms with Crippen molar-refractivity contribution in [3.05, 3.63) is 87.7 Å². The lowest BCUT2D eigenvalue weighted by molar-refractivity contribution is 0.0600. The van der Waals surface area contributed by atoms with Crippen LogP contribution in [0, 0.1) is 0 Å². The Bertz CT molecular complexity index is 1640. The predicted octanol–water partition coefficient (Wildman–Crippen LogP) is 4.33. The molecule has 192 valence electrons. The second kappa shape index (κ2) is 11.3. The zero-order chi connectivity index (χ0) is 26.6. The molecule has 12 heteroatoms. The summed E-state index contributed by atoms with van der Waals surface area (Å²) >= 11 is 7.09. The van der Waals surface area contributed by atoms with Crippen LogP contribution in [-0.4, -0.2) is 45.7 Å². The number of hydrogen-bond donors (Lipinski definition) is 1. The van der Waals surface area contributed by atoms with E-state index in [0.29, 0.717) is 28.5 Å². The van der Waals surface area contributed by atoms with Crippen LogP contribution in [0.4, 0.5) is 5.69 Å². The molecule has 0 unspecified atom stereocenters. The number of esters is 1. The smallest absolute Gasteiger partial charge is 0.337 e. The molecule has 0 spiro atoms. The molecule has 4 rings (SSSR count). The van der Waals surface area contributed by atoms with Gasteiger partial charge < -0.3 is 14.0 Å². The van der Waals surface area contributed by atoms with Crippen molar-refractivity contribution in [2.24, 2.45) is 4.99 Å². The molecule has 4 aromatic rings. The summed E-state index contributed by atoms with van der Waals surface area (Å²) < 4.78 is 40.5. The van der Waals surface area contributed by atoms with Crippen LogP contribution in [0.1, 0.15) is 20.7 Å². The number of benzene rings is 3. The number of aromatic nitrogens is 1. The van der Waals surface area contributed by atoms with Crippen molar-refractivity contribution in [1.82, 2.24) is 4.57 Å². The predicted molar refractivity (Wildman–Crippen MR) is 142 cm³/mol. The topological polar surface area (TPSA) is 116 Å². The number of carbonyl (C=O) groups excluding carboxylic acids is 2. The fraction of sp³-hybridized carbons (Fsp3) is 0.160. The SMILES string of the molecule is COCCn1c(=NC(=O)c2cccc(NS(=O)(=O)c3ccc(Cl)cc3)c2)sc2cc(C(=O)OC)ccc21. The van der Waals surface area contributed by atoms with Gasteiger partial charge in [-0.05, 0) is 60.7 Å². The number of rotatable bonds is 8. The van der Waals surface area contributed by atoms with Gasteiger partial charge in [-0.2, -0.15) is 4.99 Å². The van der Waals surface area contributed by atoms with Crippen molar-refractivity contribution in [3.8, 4) is 0 Å². The van der Waals surface area contributed by atoms with Crippen molar-refractivity contribution in [2.75, 3.05) is 25.5 Å². The number of thiazole rings is 1. The maximum atomic E-state index is 13.1. The average molecular weight is 560 g/mol. The highest BCUT2D eigenvalue weighted by Crippen LogP contribution is 2.22. The lowest BCUT2D eigenvalue weighted by atomic mass is 10.2. The summed E-state index contributed by atoms with van der Waals surface area (Å²) in [7, 11) is -1.00. The van der Waals surface area contributed by atoms with E-state index in [0.717, 1.165) is 10.2 Å². The number of nitrogens with one attached hydrogen (secondary N) is 1. The quantitative estimate of drug-likeness (QED) is 0.321. The number of nitrogens with zero attached hydrogens (tertiary/aromatic N) is 2. The van der Waals surface area contributed by atoms with Crippen LogP contribution >= 0.6 is 22.9 Å². The van der Waals surface area contributed by atoms with Crippen LogP contribution in [0.25, 0.3) is 10.2 Å². The van der Waals surface area contributed by atoms with Gasteiger partial charge in [-0.15, -0.1) is 0 Å². The van der Waals surface area contributed by atoms with E-state index in [1.807, 2.05) is 4.57 Å². The van der Waals surface area contributed by atoms with Gasteiger partial charge in [0.15, 0.2) is 4.80 Å². The summed E-state index contributed by atoms with van der Waals surface area (Å²) in [6.07, 6.45) is 0. The van der Waals surface area contributed by atoms with Crippen molar-refractivity contribution < 1.29 is 27.5 Å². The molecule has 1 aromatic heterocycles. The van der Waals surface area contributed by atoms with E-state index in [4.69, 9.17) is 21.1 Å². The number of hydrogen-bond acceptors (Lipinski definition) is 7. The van der Waals surface area contributed by atoms with Crippen LogP contribution in [0.5, 0.6) is 0 Å². The second-order valence-electron chi connectivity index (χ2n) is 7.76. The molecule has 0 saturated heterocycles. The zero-order valence-corrected chi connectivity index (χ0v) is 22.2. The molecule has 0 radical (unpaired) electrons. The van der Waals surface area contributed by atoms with E-state index in [1.165, 1.54) is 54.8 Å². The molecular weight excluding hydrogens is 538 g/mol. The number of methoxy groups -OCH3 is 2. The Morgan fingerprint density at radius 2 is 1.78 bits per heavy atom. The van der Waals surface area contributed by atoms with Gasteiger partial charge in [0.1, 0.15) is 0 Å². The first kappa shape index (κ1) is 26.6. The monoisotopic (exact) mass is 559 g/mol. The Kier molecular flexibility index (Phi) is 8.08. The summed E-state index contributed by atoms with van der Waals surface area (Å²) in [5.74, 6) is -1.02. The van der Waals surface area contributed by atoms with E-state index in [9.17, 15) is 18.0 Å². The minimum Gasteiger partial charge on any atom is -0.465 e. The van der Waals surface area contributed by atoms with E-state index in [-0.39, 0.29) is 16.1 Å². The van der Waals surface area contributed by atoms with Crippen LogP contribution in [0.2, 0.25) is 5.02 Å². The molecule has 1 amide bonds. The first-order valence-electron chi connectivity index (χ1n) is 10.9. The first-order chi connectivity index (χ1) is 17.7. The number of halogens is 1. The van der Waals surface area contributed by atoms with Gasteiger partial charge in [0.2, 0.25) is 0 Å². The Hall–Kier alpha value is -3.51. The van der Waals surface area contributed by atoms with Gasteiger partial charge in [-0.3, -0.25) is 9.52 Å². The summed E-state index contributed by atoms with van der Waals surface area (Å²) in [4.78, 5) is 29.8. The normalized spacial score (nSPS) is 12.0. The van der Waals surface area contributed by atoms with Crippen molar-refractivity contribution in [3.63, 3.8) is 0 Å². The van der Waals surface area contributed by atoms with E-state index in [1.54, 1.807) is 37.4 Å². The van der Waals surface area contributed by atoms with E-state index < -0.39 is 21.9 Å². The molecule has 0 aliphatic carbocycles. The molecule has 0 aliphatic heterocycles. The summed E-state index contributed by atoms with van der Waals surface area (Å²) in [6.45, 7) is 0.815. The average Bonchev–Trinajstić information content (AvgIpc) is 3.22. The largest absolute Gasteiger partial charge is 0.465 e. The molecule has 1 heterocycles. The van der Waals surface area contributed by atoms with Crippen molar-refractivity contribution in [1.29, 1.82) is 0 Å². The third-order valence-electron chi connectivity index (χ3n) is 5.31. The van der Waals surface area contributed by atoms with Crippen LogP contribution < -0.4 is 9.52 Å². The van der Waals surface area contributed by atoms with Gasteiger partial charge in [0.05, 0.1) is 34.4 Å². The highest BCUT2D eigenvalue weighted by atomic mass is 35.5. The Balaban J connectivity index is 1.68. The van der Waals surface area contributed by atoms with Gasteiger partial charge >= 0.3 is 5.97 Å². The zero-order valence-electron chi connectivity index (χ0n) is 19.8. The summed E-state index contributed by atoms with van der Waals surface area (Å²) in [6, 6.07) is 16.9. The van der Waals surface area contributed by atoms with E-state index in [2.05, 4.69) is 9.71 Å². The van der Waals surface area contributed by atoms with Gasteiger partial charge in [0.25, 0.3) is 15.9 Å². The van der Waals surface area contributed by atoms with Gasteiger partial charge in [-0.1, -0.05) is 29.0 Å². The number of carbonyl (C=O) groups is 2. The van der Waals surface area contributed by atoms with Crippen molar-refractivity contribution >= 4 is 60.7 Å². The summed E-state index contributed by atoms with van der Waals surface area (Å²) in [5.41, 5.74) is 1.57. The molecule has 0 aliphatic rings. The van der Waals surface area contributed by atoms with Crippen LogP contribution in [-0.2, 0) is 26.0 Å². The lowest BCUT2D eigenvalue weighted by Crippen LogP contribution is -2.19. The number of amides is 1. The standard InChI is InChI=1S/C25H22ClN3O6S2/c1-34-13-12-29-21-11-6-17(24(31)35-2)15-22(21)36-25(29)27-23(30)16-4-3-5-19(14-16)28-37(32,33)20-9-7-18(26)8-10-20/h3-11,14-15,28H,12-13H2,1-2H3. The van der Waals surface area contributed by atoms with Gasteiger partial charge in [0, 0.05) is 29.9 Å². The first-order valence-corrected chi connectivity index (χ1v) is 13.6. The maximum absolute atomic E-state index is 13.1. The molecule has 0 atom stereocenters. The molecular formula is C25H22ClN3O6S2. The number of anilines is 1. The number of sulfonamides is 1. The van der Waals surface area contributed by atoms with Crippen molar-refractivity contribution in [2.45, 2.75) is 11.4 Å². The number of ether oxygens (including phenoxy) is 2. The molecule has 9 nitrogen and oxygen atoms in total. The molecule has 1 N–H and O–H groups in total. The van der Waals surface area contributed by atoms with Crippen LogP contribution in [0.3, 0.4) is 0 Å². The maximum Gasteiger partial charge on any atom is 0.337 e. The fourth-order valence-corrected chi connectivity index (χ4v) is 5.77. The molecule has 3 aromatic carbocycles. The number of fused-ring (bicyclic) bond motifs is 1. The molecule has 0 saturated carbocycles. The highest BCUT2D eigenvalue weighted by Gasteiger charge is 2.16. The fourth-order valence-electron chi connectivity index (χ4n) is 3.50. The van der Waals surface area contributed by atoms with Crippen LogP contribution in [0.15, 0.2) is 76.6 Å². The third kappa shape index (κ3) is 6.08. The Labute approximate surface area is 222 Å². The lowest BCUT2D eigenvalue weighted by Gasteiger charge is -2.09. The van der Waals surface area contributed by atoms with Gasteiger partial charge in [-0.25, -0.2) is 13.2 Å². The second-order valence-corrected chi connectivity index (χ2v) is 10.9. The minimum absolute atomic E-state index is 0.0362. The highest BCUT2D eigenvalue weighted by molar-refractivity contribution is 7.92. The molecule has 37 heavy (non-hydrogen) atoms. The minimum atomic E-state index is -3.88. The molecule has 0 fully saturated rings. The molecule has 0 bridgehead atoms. The Morgan fingerprint density at radius 3 is 2.49 bits per heavy atom. The Morgan fingerprint density at radius 1 is 1.03 bits per heavy atom. The van der Waals surface area contributed by atoms with E-state index >= 15 is 0 Å². The third-order valence-corrected chi connectivity index (χ3v) is 8.00. The summed E-state index contributed by atoms with van der Waals surface area (Å²) in [5, 5.41) is 0.415.